The number of carbonyl (C=O) groups excluding carboxylic acids is 3. The highest BCUT2D eigenvalue weighted by Gasteiger charge is 2.42. The van der Waals surface area contributed by atoms with Crippen LogP contribution in [0.15, 0.2) is 24.3 Å². The van der Waals surface area contributed by atoms with Crippen molar-refractivity contribution in [2.75, 3.05) is 12.0 Å². The van der Waals surface area contributed by atoms with Crippen molar-refractivity contribution < 1.29 is 14.4 Å². The molecule has 5 nitrogen and oxygen atoms in total. The van der Waals surface area contributed by atoms with E-state index in [1.165, 1.54) is 0 Å². The quantitative estimate of drug-likeness (QED) is 0.734. The third-order valence-electron chi connectivity index (χ3n) is 4.15. The van der Waals surface area contributed by atoms with Crippen LogP contribution >= 0.6 is 11.8 Å². The first kappa shape index (κ1) is 18.5. The molecule has 0 aliphatic carbocycles. The summed E-state index contributed by atoms with van der Waals surface area (Å²) < 4.78 is 0. The summed E-state index contributed by atoms with van der Waals surface area (Å²) in [7, 11) is 0. The predicted octanol–water partition coefficient (Wildman–Crippen LogP) is 2.71. The summed E-state index contributed by atoms with van der Waals surface area (Å²) in [5.41, 5.74) is 0.761. The van der Waals surface area contributed by atoms with E-state index in [0.717, 1.165) is 17.7 Å². The molecule has 1 aliphatic heterocycles. The van der Waals surface area contributed by atoms with Gasteiger partial charge in [0.25, 0.3) is 11.8 Å². The summed E-state index contributed by atoms with van der Waals surface area (Å²) in [6.45, 7) is 3.99. The molecule has 2 rings (SSSR count). The van der Waals surface area contributed by atoms with Crippen LogP contribution in [0, 0.1) is 0 Å². The topological polar surface area (TPSA) is 66.5 Å². The van der Waals surface area contributed by atoms with Gasteiger partial charge in [0.15, 0.2) is 0 Å². The Balaban J connectivity index is 2.24. The van der Waals surface area contributed by atoms with Gasteiger partial charge >= 0.3 is 0 Å². The van der Waals surface area contributed by atoms with Gasteiger partial charge < -0.3 is 5.32 Å². The molecule has 0 aromatic heterocycles. The molecule has 0 saturated heterocycles. The largest absolute Gasteiger partial charge is 0.352 e. The van der Waals surface area contributed by atoms with E-state index in [1.807, 2.05) is 13.2 Å². The van der Waals surface area contributed by atoms with E-state index in [-0.39, 0.29) is 23.8 Å². The molecule has 6 heteroatoms. The Kier molecular flexibility index (Phi) is 6.43. The molecule has 1 N–H and O–H groups in total. The van der Waals surface area contributed by atoms with Crippen molar-refractivity contribution in [2.24, 2.45) is 0 Å². The molecule has 24 heavy (non-hydrogen) atoms. The molecule has 0 spiro atoms. The van der Waals surface area contributed by atoms with Crippen LogP contribution in [-0.2, 0) is 4.79 Å². The minimum atomic E-state index is -0.760. The molecule has 0 fully saturated rings. The minimum Gasteiger partial charge on any atom is -0.352 e. The van der Waals surface area contributed by atoms with Crippen LogP contribution in [0.1, 0.15) is 53.8 Å². The van der Waals surface area contributed by atoms with Gasteiger partial charge in [0.2, 0.25) is 5.91 Å². The minimum absolute atomic E-state index is 0.0227. The lowest BCUT2D eigenvalue weighted by Gasteiger charge is -2.26. The molecule has 1 aliphatic rings. The average molecular weight is 348 g/mol. The zero-order valence-electron chi connectivity index (χ0n) is 14.4. The smallest absolute Gasteiger partial charge is 0.262 e. The van der Waals surface area contributed by atoms with Crippen LogP contribution in [0.4, 0.5) is 0 Å². The fourth-order valence-corrected chi connectivity index (χ4v) is 3.40. The Morgan fingerprint density at radius 2 is 1.75 bits per heavy atom. The van der Waals surface area contributed by atoms with Gasteiger partial charge in [0.05, 0.1) is 11.1 Å². The van der Waals surface area contributed by atoms with E-state index in [9.17, 15) is 14.4 Å². The average Bonchev–Trinajstić information content (AvgIpc) is 2.81. The van der Waals surface area contributed by atoms with Crippen molar-refractivity contribution in [3.05, 3.63) is 35.4 Å². The molecular formula is C18H24N2O3S. The van der Waals surface area contributed by atoms with Gasteiger partial charge in [-0.05, 0) is 43.9 Å². The molecule has 1 aromatic carbocycles. The highest BCUT2D eigenvalue weighted by atomic mass is 32.2. The third-order valence-corrected chi connectivity index (χ3v) is 4.79. The number of nitrogens with one attached hydrogen (secondary N) is 1. The molecule has 1 aromatic rings. The number of nitrogens with zero attached hydrogens (tertiary/aromatic N) is 1. The summed E-state index contributed by atoms with van der Waals surface area (Å²) in [4.78, 5) is 39.1. The lowest BCUT2D eigenvalue weighted by Crippen LogP contribution is -2.51. The number of thioether (sulfide) groups is 1. The predicted molar refractivity (Wildman–Crippen MR) is 96.2 cm³/mol. The zero-order valence-corrected chi connectivity index (χ0v) is 15.2. The molecule has 130 valence electrons. The monoisotopic (exact) mass is 348 g/mol. The Labute approximate surface area is 147 Å². The van der Waals surface area contributed by atoms with Crippen LogP contribution in [0.2, 0.25) is 0 Å². The maximum Gasteiger partial charge on any atom is 0.262 e. The molecule has 3 amide bonds. The SMILES string of the molecule is CCC[C@@H](C)NC(=O)[C@H](CCSC)N1C(=O)c2ccccc2C1=O. The molecule has 0 saturated carbocycles. The van der Waals surface area contributed by atoms with Crippen molar-refractivity contribution in [1.82, 2.24) is 10.2 Å². The van der Waals surface area contributed by atoms with Crippen molar-refractivity contribution in [1.29, 1.82) is 0 Å². The summed E-state index contributed by atoms with van der Waals surface area (Å²) in [6, 6.07) is 6.00. The number of benzene rings is 1. The fraction of sp³-hybridized carbons (Fsp3) is 0.500. The molecule has 1 heterocycles. The highest BCUT2D eigenvalue weighted by molar-refractivity contribution is 7.98. The van der Waals surface area contributed by atoms with Gasteiger partial charge in [-0.15, -0.1) is 0 Å². The fourth-order valence-electron chi connectivity index (χ4n) is 2.94. The molecule has 0 unspecified atom stereocenters. The number of imide groups is 1. The third kappa shape index (κ3) is 3.80. The number of hydrogen-bond donors (Lipinski definition) is 1. The van der Waals surface area contributed by atoms with E-state index >= 15 is 0 Å². The van der Waals surface area contributed by atoms with Gasteiger partial charge in [-0.2, -0.15) is 11.8 Å². The maximum atomic E-state index is 12.7. The second-order valence-corrected chi connectivity index (χ2v) is 7.01. The lowest BCUT2D eigenvalue weighted by atomic mass is 10.1. The van der Waals surface area contributed by atoms with E-state index < -0.39 is 6.04 Å². The van der Waals surface area contributed by atoms with Crippen LogP contribution in [-0.4, -0.2) is 46.7 Å². The first-order valence-corrected chi connectivity index (χ1v) is 9.66. The van der Waals surface area contributed by atoms with Crippen LogP contribution in [0.25, 0.3) is 0 Å². The molecular weight excluding hydrogens is 324 g/mol. The van der Waals surface area contributed by atoms with E-state index in [1.54, 1.807) is 36.0 Å². The number of hydrogen-bond acceptors (Lipinski definition) is 4. The van der Waals surface area contributed by atoms with Crippen molar-refractivity contribution >= 4 is 29.5 Å². The van der Waals surface area contributed by atoms with Crippen LogP contribution in [0.5, 0.6) is 0 Å². The lowest BCUT2D eigenvalue weighted by molar-refractivity contribution is -0.125. The molecule has 0 radical (unpaired) electrons. The first-order chi connectivity index (χ1) is 11.5. The van der Waals surface area contributed by atoms with Crippen LogP contribution < -0.4 is 5.32 Å². The number of rotatable bonds is 8. The van der Waals surface area contributed by atoms with Crippen LogP contribution in [0.3, 0.4) is 0 Å². The summed E-state index contributed by atoms with van der Waals surface area (Å²) in [5.74, 6) is -0.298. The standard InChI is InChI=1S/C18H24N2O3S/c1-4-7-12(2)19-16(21)15(10-11-24-3)20-17(22)13-8-5-6-9-14(13)18(20)23/h5-6,8-9,12,15H,4,7,10-11H2,1-3H3,(H,19,21)/t12-,15+/m1/s1. The number of carbonyl (C=O) groups is 3. The Morgan fingerprint density at radius 1 is 1.17 bits per heavy atom. The Hall–Kier alpha value is -1.82. The van der Waals surface area contributed by atoms with E-state index in [2.05, 4.69) is 12.2 Å². The summed E-state index contributed by atoms with van der Waals surface area (Å²) in [6.07, 6.45) is 4.22. The highest BCUT2D eigenvalue weighted by Crippen LogP contribution is 2.26. The normalized spacial score (nSPS) is 16.0. The van der Waals surface area contributed by atoms with Crippen molar-refractivity contribution in [3.63, 3.8) is 0 Å². The zero-order chi connectivity index (χ0) is 17.7. The Morgan fingerprint density at radius 3 is 2.25 bits per heavy atom. The van der Waals surface area contributed by atoms with Crippen molar-refractivity contribution in [3.8, 4) is 0 Å². The first-order valence-electron chi connectivity index (χ1n) is 8.27. The van der Waals surface area contributed by atoms with E-state index in [0.29, 0.717) is 23.3 Å². The summed E-state index contributed by atoms with van der Waals surface area (Å²) in [5, 5.41) is 2.94. The van der Waals surface area contributed by atoms with Gasteiger partial charge in [-0.25, -0.2) is 0 Å². The molecule has 0 bridgehead atoms. The Bertz CT molecular complexity index is 597. The summed E-state index contributed by atoms with van der Waals surface area (Å²) >= 11 is 1.59. The molecule has 2 atom stereocenters. The van der Waals surface area contributed by atoms with E-state index in [4.69, 9.17) is 0 Å². The van der Waals surface area contributed by atoms with Gasteiger partial charge in [-0.3, -0.25) is 19.3 Å². The number of amides is 3. The second-order valence-electron chi connectivity index (χ2n) is 6.02. The number of fused-ring (bicyclic) bond motifs is 1. The maximum absolute atomic E-state index is 12.7. The van der Waals surface area contributed by atoms with Gasteiger partial charge in [-0.1, -0.05) is 25.5 Å². The second kappa shape index (κ2) is 8.33. The van der Waals surface area contributed by atoms with Gasteiger partial charge in [0, 0.05) is 6.04 Å². The van der Waals surface area contributed by atoms with Gasteiger partial charge in [0.1, 0.15) is 6.04 Å². The van der Waals surface area contributed by atoms with Crippen molar-refractivity contribution in [2.45, 2.75) is 45.2 Å².